The molecule has 0 spiro atoms. The lowest BCUT2D eigenvalue weighted by molar-refractivity contribution is 0.256. The van der Waals surface area contributed by atoms with Crippen LogP contribution in [0.1, 0.15) is 37.3 Å². The highest BCUT2D eigenvalue weighted by atomic mass is 32.2. The summed E-state index contributed by atoms with van der Waals surface area (Å²) in [7, 11) is -4.12. The number of urea groups is 1. The van der Waals surface area contributed by atoms with Gasteiger partial charge in [0.25, 0.3) is 10.0 Å². The molecule has 10 nitrogen and oxygen atoms in total. The molecule has 3 aromatic rings. The molecule has 0 radical (unpaired) electrons. The van der Waals surface area contributed by atoms with Crippen LogP contribution in [0, 0.1) is 0 Å². The quantitative estimate of drug-likeness (QED) is 0.531. The fourth-order valence-electron chi connectivity index (χ4n) is 3.98. The normalized spacial score (nSPS) is 17.1. The molecule has 2 aromatic heterocycles. The van der Waals surface area contributed by atoms with Gasteiger partial charge in [-0.1, -0.05) is 0 Å². The lowest BCUT2D eigenvalue weighted by atomic mass is 9.99. The molecule has 3 heterocycles. The van der Waals surface area contributed by atoms with E-state index in [0.29, 0.717) is 30.3 Å². The average Bonchev–Trinajstić information content (AvgIpc) is 3.72. The van der Waals surface area contributed by atoms with Crippen molar-refractivity contribution < 1.29 is 22.7 Å². The molecule has 1 aliphatic heterocycles. The average molecular weight is 482 g/mol. The Balaban J connectivity index is 1.28. The Hall–Kier alpha value is -3.60. The van der Waals surface area contributed by atoms with E-state index >= 15 is 0 Å². The van der Waals surface area contributed by atoms with Crippen molar-refractivity contribution in [2.24, 2.45) is 0 Å². The monoisotopic (exact) mass is 481 g/mol. The Bertz CT molecular complexity index is 1380. The van der Waals surface area contributed by atoms with Gasteiger partial charge in [0.05, 0.1) is 18.3 Å². The molecule has 1 aromatic carbocycles. The first-order valence-electron chi connectivity index (χ1n) is 11.3. The number of sulfonamides is 1. The number of hydrogen-bond acceptors (Lipinski definition) is 7. The van der Waals surface area contributed by atoms with Gasteiger partial charge in [-0.3, -0.25) is 4.68 Å². The van der Waals surface area contributed by atoms with Crippen LogP contribution in [-0.2, 0) is 16.4 Å². The van der Waals surface area contributed by atoms with Crippen molar-refractivity contribution in [2.75, 3.05) is 11.9 Å². The second kappa shape index (κ2) is 8.01. The van der Waals surface area contributed by atoms with Crippen LogP contribution in [0.15, 0.2) is 47.8 Å². The van der Waals surface area contributed by atoms with Crippen LogP contribution in [0.5, 0.6) is 11.6 Å². The van der Waals surface area contributed by atoms with Crippen molar-refractivity contribution in [1.29, 1.82) is 0 Å². The van der Waals surface area contributed by atoms with E-state index in [1.807, 2.05) is 24.3 Å². The lowest BCUT2D eigenvalue weighted by Gasteiger charge is -2.16. The molecule has 2 fully saturated rings. The Morgan fingerprint density at radius 2 is 2.00 bits per heavy atom. The Morgan fingerprint density at radius 3 is 2.79 bits per heavy atom. The molecule has 0 unspecified atom stereocenters. The van der Waals surface area contributed by atoms with Crippen molar-refractivity contribution in [3.05, 3.63) is 48.3 Å². The number of carbonyl (C=O) groups is 1. The predicted octanol–water partition coefficient (Wildman–Crippen LogP) is 3.27. The summed E-state index contributed by atoms with van der Waals surface area (Å²) < 4.78 is 40.6. The first-order valence-corrected chi connectivity index (χ1v) is 12.8. The van der Waals surface area contributed by atoms with E-state index in [-0.39, 0.29) is 17.2 Å². The summed E-state index contributed by atoms with van der Waals surface area (Å²) in [6.45, 7) is 0.484. The first-order chi connectivity index (χ1) is 16.5. The standard InChI is InChI=1S/C23H23N5O5S/c29-23(27-34(30,31)21-8-11-28(26-21)15-1-2-15)25-22-17(5-6-19-18(22)9-12-32-19)14-7-10-24-20(13-14)33-16-3-4-16/h5-8,10-11,13,15-16H,1-4,9,12H2,(H2,25,27,29). The van der Waals surface area contributed by atoms with Crippen molar-refractivity contribution in [2.45, 2.75) is 49.3 Å². The van der Waals surface area contributed by atoms with Crippen molar-refractivity contribution in [1.82, 2.24) is 19.5 Å². The van der Waals surface area contributed by atoms with Gasteiger partial charge in [-0.25, -0.2) is 14.5 Å². The fraction of sp³-hybridized carbons (Fsp3) is 0.348. The number of hydrogen-bond donors (Lipinski definition) is 2. The number of anilines is 1. The minimum absolute atomic E-state index is 0.188. The molecule has 0 bridgehead atoms. The zero-order valence-corrected chi connectivity index (χ0v) is 19.0. The molecule has 176 valence electrons. The zero-order valence-electron chi connectivity index (χ0n) is 18.2. The van der Waals surface area contributed by atoms with Gasteiger partial charge in [0, 0.05) is 36.0 Å². The maximum atomic E-state index is 12.8. The highest BCUT2D eigenvalue weighted by Crippen LogP contribution is 2.40. The van der Waals surface area contributed by atoms with E-state index < -0.39 is 16.1 Å². The van der Waals surface area contributed by atoms with Gasteiger partial charge >= 0.3 is 6.03 Å². The molecular weight excluding hydrogens is 458 g/mol. The summed E-state index contributed by atoms with van der Waals surface area (Å²) in [5, 5.41) is 6.67. The van der Waals surface area contributed by atoms with Crippen LogP contribution >= 0.6 is 0 Å². The molecule has 6 rings (SSSR count). The predicted molar refractivity (Wildman–Crippen MR) is 122 cm³/mol. The van der Waals surface area contributed by atoms with Gasteiger partial charge in [-0.05, 0) is 55.5 Å². The number of benzene rings is 1. The van der Waals surface area contributed by atoms with Gasteiger partial charge in [-0.2, -0.15) is 13.5 Å². The van der Waals surface area contributed by atoms with E-state index in [9.17, 15) is 13.2 Å². The summed E-state index contributed by atoms with van der Waals surface area (Å²) in [6.07, 6.45) is 8.05. The van der Waals surface area contributed by atoms with E-state index in [0.717, 1.165) is 42.4 Å². The van der Waals surface area contributed by atoms with Crippen LogP contribution in [0.3, 0.4) is 0 Å². The number of rotatable bonds is 7. The third kappa shape index (κ3) is 4.18. The summed E-state index contributed by atoms with van der Waals surface area (Å²) >= 11 is 0. The summed E-state index contributed by atoms with van der Waals surface area (Å²) in [5.74, 6) is 1.18. The van der Waals surface area contributed by atoms with Gasteiger partial charge in [0.2, 0.25) is 5.88 Å². The minimum atomic E-state index is -4.12. The minimum Gasteiger partial charge on any atom is -0.493 e. The third-order valence-electron chi connectivity index (χ3n) is 5.98. The van der Waals surface area contributed by atoms with Crippen molar-refractivity contribution >= 4 is 21.7 Å². The van der Waals surface area contributed by atoms with Crippen LogP contribution in [0.25, 0.3) is 11.1 Å². The fourth-order valence-corrected chi connectivity index (χ4v) is 4.82. The first kappa shape index (κ1) is 21.0. The molecular formula is C23H23N5O5S. The van der Waals surface area contributed by atoms with Gasteiger partial charge in [0.1, 0.15) is 11.9 Å². The van der Waals surface area contributed by atoms with Crippen LogP contribution in [0.4, 0.5) is 10.5 Å². The Morgan fingerprint density at radius 1 is 1.15 bits per heavy atom. The van der Waals surface area contributed by atoms with Crippen LogP contribution in [-0.4, -0.2) is 41.9 Å². The maximum Gasteiger partial charge on any atom is 0.333 e. The number of carbonyl (C=O) groups excluding carboxylic acids is 1. The number of fused-ring (bicyclic) bond motifs is 1. The summed E-state index contributed by atoms with van der Waals surface area (Å²) in [6, 6.07) is 8.09. The molecule has 0 atom stereocenters. The molecule has 3 aliphatic rings. The topological polar surface area (TPSA) is 124 Å². The van der Waals surface area contributed by atoms with Gasteiger partial charge in [-0.15, -0.1) is 0 Å². The Labute approximate surface area is 196 Å². The van der Waals surface area contributed by atoms with Crippen molar-refractivity contribution in [3.63, 3.8) is 0 Å². The Kier molecular flexibility index (Phi) is 4.94. The largest absolute Gasteiger partial charge is 0.493 e. The molecule has 2 amide bonds. The van der Waals surface area contributed by atoms with E-state index in [2.05, 4.69) is 20.1 Å². The lowest BCUT2D eigenvalue weighted by Crippen LogP contribution is -2.35. The molecule has 2 N–H and O–H groups in total. The summed E-state index contributed by atoms with van der Waals surface area (Å²) in [5.41, 5.74) is 2.82. The zero-order chi connectivity index (χ0) is 23.3. The third-order valence-corrected chi connectivity index (χ3v) is 7.21. The van der Waals surface area contributed by atoms with Gasteiger partial charge in [0.15, 0.2) is 5.03 Å². The second-order valence-electron chi connectivity index (χ2n) is 8.69. The second-order valence-corrected chi connectivity index (χ2v) is 10.3. The number of nitrogens with one attached hydrogen (secondary N) is 2. The molecule has 0 saturated heterocycles. The number of nitrogens with zero attached hydrogens (tertiary/aromatic N) is 3. The maximum absolute atomic E-state index is 12.8. The highest BCUT2D eigenvalue weighted by Gasteiger charge is 2.29. The molecule has 34 heavy (non-hydrogen) atoms. The van der Waals surface area contributed by atoms with E-state index in [1.54, 1.807) is 17.1 Å². The number of amides is 2. The van der Waals surface area contributed by atoms with Gasteiger partial charge < -0.3 is 14.8 Å². The van der Waals surface area contributed by atoms with E-state index in [1.165, 1.54) is 6.07 Å². The molecule has 2 saturated carbocycles. The summed E-state index contributed by atoms with van der Waals surface area (Å²) in [4.78, 5) is 17.1. The van der Waals surface area contributed by atoms with E-state index in [4.69, 9.17) is 9.47 Å². The number of aromatic nitrogens is 3. The van der Waals surface area contributed by atoms with Crippen molar-refractivity contribution in [3.8, 4) is 22.8 Å². The van der Waals surface area contributed by atoms with Crippen LogP contribution < -0.4 is 19.5 Å². The smallest absolute Gasteiger partial charge is 0.333 e. The van der Waals surface area contributed by atoms with Crippen LogP contribution in [0.2, 0.25) is 0 Å². The molecule has 11 heteroatoms. The highest BCUT2D eigenvalue weighted by molar-refractivity contribution is 7.90. The number of ether oxygens (including phenoxy) is 2. The number of pyridine rings is 1. The molecule has 2 aliphatic carbocycles. The SMILES string of the molecule is O=C(Nc1c(-c2ccnc(OC3CC3)c2)ccc2c1CCO2)NS(=O)(=O)c1ccn(C2CC2)n1.